The Balaban J connectivity index is 2.66. The summed E-state index contributed by atoms with van der Waals surface area (Å²) < 4.78 is 1.06. The third kappa shape index (κ3) is 4.09. The van der Waals surface area contributed by atoms with Gasteiger partial charge >= 0.3 is 0 Å². The summed E-state index contributed by atoms with van der Waals surface area (Å²) in [5.74, 6) is 1.26. The van der Waals surface area contributed by atoms with E-state index in [9.17, 15) is 0 Å². The molecule has 2 unspecified atom stereocenters. The fraction of sp³-hybridized carbons (Fsp3) is 0.500. The Labute approximate surface area is 110 Å². The minimum atomic E-state index is 0.0461. The first-order valence-electron chi connectivity index (χ1n) is 5.33. The smallest absolute Gasteiger partial charge is 0.0464 e. The van der Waals surface area contributed by atoms with E-state index in [1.165, 1.54) is 4.90 Å². The van der Waals surface area contributed by atoms with E-state index in [0.29, 0.717) is 5.92 Å². The van der Waals surface area contributed by atoms with E-state index in [1.807, 2.05) is 13.8 Å². The van der Waals surface area contributed by atoms with Gasteiger partial charge in [0.2, 0.25) is 0 Å². The van der Waals surface area contributed by atoms with Crippen LogP contribution in [0.1, 0.15) is 25.5 Å². The number of aliphatic hydroxyl groups excluding tert-OH is 1. The topological polar surface area (TPSA) is 46.2 Å². The molecule has 16 heavy (non-hydrogen) atoms. The summed E-state index contributed by atoms with van der Waals surface area (Å²) in [5.41, 5.74) is 6.96. The average Bonchev–Trinajstić information content (AvgIpc) is 2.25. The molecule has 0 saturated heterocycles. The molecule has 0 saturated carbocycles. The summed E-state index contributed by atoms with van der Waals surface area (Å²) in [7, 11) is 0. The molecule has 1 aromatic carbocycles. The predicted molar refractivity (Wildman–Crippen MR) is 73.7 cm³/mol. The van der Waals surface area contributed by atoms with Gasteiger partial charge in [0.15, 0.2) is 0 Å². The fourth-order valence-corrected chi connectivity index (χ4v) is 3.10. The first kappa shape index (κ1) is 14.0. The van der Waals surface area contributed by atoms with Gasteiger partial charge in [0.1, 0.15) is 0 Å². The van der Waals surface area contributed by atoms with E-state index in [2.05, 4.69) is 34.1 Å². The zero-order chi connectivity index (χ0) is 12.1. The Kier molecular flexibility index (Phi) is 5.83. The maximum absolute atomic E-state index is 8.95. The van der Waals surface area contributed by atoms with Crippen LogP contribution in [0.25, 0.3) is 0 Å². The van der Waals surface area contributed by atoms with E-state index < -0.39 is 0 Å². The second-order valence-electron chi connectivity index (χ2n) is 4.07. The number of hydrogen-bond acceptors (Lipinski definition) is 3. The minimum absolute atomic E-state index is 0.0461. The highest BCUT2D eigenvalue weighted by Crippen LogP contribution is 2.28. The van der Waals surface area contributed by atoms with Crippen LogP contribution >= 0.6 is 27.7 Å². The van der Waals surface area contributed by atoms with Crippen LogP contribution in [0.5, 0.6) is 0 Å². The van der Waals surface area contributed by atoms with Crippen LogP contribution < -0.4 is 5.73 Å². The van der Waals surface area contributed by atoms with Crippen LogP contribution in [0.15, 0.2) is 27.6 Å². The molecule has 0 aliphatic heterocycles. The van der Waals surface area contributed by atoms with Crippen LogP contribution in [-0.2, 0) is 0 Å². The van der Waals surface area contributed by atoms with Crippen molar-refractivity contribution in [3.63, 3.8) is 0 Å². The molecule has 90 valence electrons. The summed E-state index contributed by atoms with van der Waals surface area (Å²) in [6, 6.07) is 6.27. The van der Waals surface area contributed by atoms with E-state index in [4.69, 9.17) is 10.8 Å². The number of hydrogen-bond donors (Lipinski definition) is 2. The molecule has 3 N–H and O–H groups in total. The van der Waals surface area contributed by atoms with Crippen molar-refractivity contribution >= 4 is 27.7 Å². The number of rotatable bonds is 5. The average molecular weight is 304 g/mol. The van der Waals surface area contributed by atoms with E-state index in [-0.39, 0.29) is 12.6 Å². The van der Waals surface area contributed by atoms with Crippen LogP contribution in [-0.4, -0.2) is 17.5 Å². The number of halogens is 1. The Morgan fingerprint density at radius 3 is 2.62 bits per heavy atom. The molecular weight excluding hydrogens is 286 g/mol. The lowest BCUT2D eigenvalue weighted by Gasteiger charge is -2.11. The van der Waals surface area contributed by atoms with Crippen molar-refractivity contribution in [2.24, 2.45) is 11.7 Å². The largest absolute Gasteiger partial charge is 0.396 e. The van der Waals surface area contributed by atoms with Gasteiger partial charge in [-0.1, -0.05) is 28.9 Å². The Morgan fingerprint density at radius 2 is 2.12 bits per heavy atom. The highest BCUT2D eigenvalue weighted by molar-refractivity contribution is 9.10. The highest BCUT2D eigenvalue weighted by atomic mass is 79.9. The molecule has 2 nitrogen and oxygen atoms in total. The van der Waals surface area contributed by atoms with Crippen LogP contribution in [0.2, 0.25) is 0 Å². The Hall–Kier alpha value is -0.0300. The van der Waals surface area contributed by atoms with Crippen molar-refractivity contribution in [3.05, 3.63) is 28.2 Å². The van der Waals surface area contributed by atoms with Gasteiger partial charge in [-0.15, -0.1) is 11.8 Å². The molecule has 1 rings (SSSR count). The summed E-state index contributed by atoms with van der Waals surface area (Å²) in [6.45, 7) is 4.26. The first-order chi connectivity index (χ1) is 7.54. The minimum Gasteiger partial charge on any atom is -0.396 e. The molecule has 0 bridgehead atoms. The maximum Gasteiger partial charge on any atom is 0.0464 e. The SMILES string of the molecule is CC(CO)CSc1ccc(C(C)N)c(Br)c1. The van der Waals surface area contributed by atoms with Crippen LogP contribution in [0, 0.1) is 5.92 Å². The van der Waals surface area contributed by atoms with Gasteiger partial charge in [-0.3, -0.25) is 0 Å². The molecule has 1 aromatic rings. The summed E-state index contributed by atoms with van der Waals surface area (Å²) in [5, 5.41) is 8.95. The van der Waals surface area contributed by atoms with Gasteiger partial charge in [-0.25, -0.2) is 0 Å². The molecule has 0 amide bonds. The zero-order valence-electron chi connectivity index (χ0n) is 9.61. The summed E-state index contributed by atoms with van der Waals surface area (Å²) in [6.07, 6.45) is 0. The van der Waals surface area contributed by atoms with Gasteiger partial charge in [0, 0.05) is 27.8 Å². The van der Waals surface area contributed by atoms with Gasteiger partial charge in [-0.05, 0) is 30.5 Å². The normalized spacial score (nSPS) is 14.8. The van der Waals surface area contributed by atoms with Crippen LogP contribution in [0.3, 0.4) is 0 Å². The molecule has 4 heteroatoms. The first-order valence-corrected chi connectivity index (χ1v) is 7.11. The monoisotopic (exact) mass is 303 g/mol. The van der Waals surface area contributed by atoms with Crippen molar-refractivity contribution in [2.45, 2.75) is 24.8 Å². The number of aliphatic hydroxyl groups is 1. The molecule has 0 fully saturated rings. The number of thioether (sulfide) groups is 1. The van der Waals surface area contributed by atoms with Gasteiger partial charge in [0.05, 0.1) is 0 Å². The molecule has 2 atom stereocenters. The molecular formula is C12H18BrNOS. The second kappa shape index (κ2) is 6.64. The molecule has 0 aliphatic carbocycles. The maximum atomic E-state index is 8.95. The number of benzene rings is 1. The number of nitrogens with two attached hydrogens (primary N) is 1. The van der Waals surface area contributed by atoms with Gasteiger partial charge < -0.3 is 10.8 Å². The van der Waals surface area contributed by atoms with E-state index in [0.717, 1.165) is 15.8 Å². The molecule has 0 heterocycles. The van der Waals surface area contributed by atoms with Crippen molar-refractivity contribution < 1.29 is 5.11 Å². The lowest BCUT2D eigenvalue weighted by Crippen LogP contribution is -2.06. The second-order valence-corrected chi connectivity index (χ2v) is 6.02. The zero-order valence-corrected chi connectivity index (χ0v) is 12.0. The molecule has 0 radical (unpaired) electrons. The Bertz CT molecular complexity index is 344. The van der Waals surface area contributed by atoms with E-state index in [1.54, 1.807) is 11.8 Å². The molecule has 0 aliphatic rings. The van der Waals surface area contributed by atoms with Crippen molar-refractivity contribution in [2.75, 3.05) is 12.4 Å². The highest BCUT2D eigenvalue weighted by Gasteiger charge is 2.07. The Morgan fingerprint density at radius 1 is 1.44 bits per heavy atom. The molecule has 0 spiro atoms. The predicted octanol–water partition coefficient (Wildman–Crippen LogP) is 3.19. The summed E-state index contributed by atoms with van der Waals surface area (Å²) in [4.78, 5) is 1.21. The van der Waals surface area contributed by atoms with Gasteiger partial charge in [-0.2, -0.15) is 0 Å². The van der Waals surface area contributed by atoms with Crippen molar-refractivity contribution in [1.82, 2.24) is 0 Å². The van der Waals surface area contributed by atoms with Crippen molar-refractivity contribution in [1.29, 1.82) is 0 Å². The molecule has 0 aromatic heterocycles. The fourth-order valence-electron chi connectivity index (χ4n) is 1.26. The standard InChI is InChI=1S/C12H18BrNOS/c1-8(6-15)7-16-10-3-4-11(9(2)14)12(13)5-10/h3-5,8-9,15H,6-7,14H2,1-2H3. The third-order valence-electron chi connectivity index (χ3n) is 2.31. The van der Waals surface area contributed by atoms with E-state index >= 15 is 0 Å². The van der Waals surface area contributed by atoms with Crippen molar-refractivity contribution in [3.8, 4) is 0 Å². The third-order valence-corrected chi connectivity index (χ3v) is 4.32. The lowest BCUT2D eigenvalue weighted by atomic mass is 10.1. The quantitative estimate of drug-likeness (QED) is 0.821. The van der Waals surface area contributed by atoms with Gasteiger partial charge in [0.25, 0.3) is 0 Å². The van der Waals surface area contributed by atoms with Crippen LogP contribution in [0.4, 0.5) is 0 Å². The summed E-state index contributed by atoms with van der Waals surface area (Å²) >= 11 is 5.29. The lowest BCUT2D eigenvalue weighted by molar-refractivity contribution is 0.250.